The van der Waals surface area contributed by atoms with E-state index >= 15 is 0 Å². The highest BCUT2D eigenvalue weighted by atomic mass is 35.5. The lowest BCUT2D eigenvalue weighted by atomic mass is 10.0. The number of amides is 2. The Labute approximate surface area is 218 Å². The lowest BCUT2D eigenvalue weighted by molar-refractivity contribution is -0.139. The topological polar surface area (TPSA) is 49.4 Å². The fourth-order valence-electron chi connectivity index (χ4n) is 3.68. The zero-order valence-corrected chi connectivity index (χ0v) is 21.9. The maximum atomic E-state index is 13.6. The zero-order valence-electron chi connectivity index (χ0n) is 20.3. The molecule has 1 atom stereocenters. The summed E-state index contributed by atoms with van der Waals surface area (Å²) in [5.41, 5.74) is 3.13. The van der Waals surface area contributed by atoms with E-state index in [0.717, 1.165) is 16.7 Å². The van der Waals surface area contributed by atoms with E-state index in [1.165, 1.54) is 0 Å². The highest BCUT2D eigenvalue weighted by molar-refractivity contribution is 7.99. The van der Waals surface area contributed by atoms with Crippen LogP contribution in [0.15, 0.2) is 84.9 Å². The number of hydrogen-bond acceptors (Lipinski definition) is 3. The summed E-state index contributed by atoms with van der Waals surface area (Å²) >= 11 is 7.53. The van der Waals surface area contributed by atoms with Crippen LogP contribution >= 0.6 is 23.4 Å². The maximum Gasteiger partial charge on any atom is 0.243 e. The summed E-state index contributed by atoms with van der Waals surface area (Å²) in [4.78, 5) is 28.7. The van der Waals surface area contributed by atoms with E-state index in [1.807, 2.05) is 84.9 Å². The molecule has 0 bridgehead atoms. The number of rotatable bonds is 12. The lowest BCUT2D eigenvalue weighted by Crippen LogP contribution is -2.51. The summed E-state index contributed by atoms with van der Waals surface area (Å²) in [7, 11) is 0. The van der Waals surface area contributed by atoms with Crippen LogP contribution < -0.4 is 5.32 Å². The maximum absolute atomic E-state index is 13.6. The molecule has 0 aliphatic carbocycles. The number of hydrogen-bond donors (Lipinski definition) is 1. The van der Waals surface area contributed by atoms with E-state index in [4.69, 9.17) is 11.6 Å². The van der Waals surface area contributed by atoms with Crippen LogP contribution in [0.4, 0.5) is 0 Å². The van der Waals surface area contributed by atoms with Crippen LogP contribution in [0.2, 0.25) is 5.02 Å². The van der Waals surface area contributed by atoms with Gasteiger partial charge in [-0.1, -0.05) is 98.2 Å². The van der Waals surface area contributed by atoms with Crippen LogP contribution in [0.25, 0.3) is 0 Å². The third-order valence-electron chi connectivity index (χ3n) is 5.56. The summed E-state index contributed by atoms with van der Waals surface area (Å²) in [5.74, 6) is 1.15. The van der Waals surface area contributed by atoms with Crippen molar-refractivity contribution in [3.05, 3.63) is 107 Å². The fraction of sp³-hybridized carbons (Fsp3) is 0.310. The Morgan fingerprint density at radius 3 is 2.06 bits per heavy atom. The van der Waals surface area contributed by atoms with Crippen LogP contribution in [0.3, 0.4) is 0 Å². The van der Waals surface area contributed by atoms with Crippen molar-refractivity contribution in [1.82, 2.24) is 10.2 Å². The molecule has 0 aliphatic heterocycles. The van der Waals surface area contributed by atoms with E-state index in [-0.39, 0.29) is 17.6 Å². The molecule has 3 aromatic carbocycles. The Hall–Kier alpha value is -2.76. The first-order valence-corrected chi connectivity index (χ1v) is 13.4. The Morgan fingerprint density at radius 1 is 0.857 bits per heavy atom. The van der Waals surface area contributed by atoms with Gasteiger partial charge < -0.3 is 10.2 Å². The molecule has 3 aromatic rings. The Balaban J connectivity index is 1.80. The highest BCUT2D eigenvalue weighted by Crippen LogP contribution is 2.19. The van der Waals surface area contributed by atoms with E-state index in [1.54, 1.807) is 16.7 Å². The van der Waals surface area contributed by atoms with Gasteiger partial charge in [0.1, 0.15) is 6.04 Å². The summed E-state index contributed by atoms with van der Waals surface area (Å²) in [5, 5.41) is 3.75. The molecule has 1 unspecified atom stereocenters. The van der Waals surface area contributed by atoms with Gasteiger partial charge in [-0.2, -0.15) is 0 Å². The second-order valence-corrected chi connectivity index (χ2v) is 10.4. The monoisotopic (exact) mass is 508 g/mol. The molecule has 0 saturated heterocycles. The Kier molecular flexibility index (Phi) is 10.7. The third kappa shape index (κ3) is 9.08. The molecule has 6 heteroatoms. The number of carbonyl (C=O) groups is 2. The third-order valence-corrected chi connectivity index (χ3v) is 6.80. The molecule has 3 rings (SSSR count). The van der Waals surface area contributed by atoms with Crippen molar-refractivity contribution in [2.24, 2.45) is 5.92 Å². The minimum absolute atomic E-state index is 0.0477. The minimum atomic E-state index is -0.597. The van der Waals surface area contributed by atoms with Gasteiger partial charge in [0.15, 0.2) is 0 Å². The van der Waals surface area contributed by atoms with E-state index < -0.39 is 6.04 Å². The minimum Gasteiger partial charge on any atom is -0.354 e. The molecule has 0 radical (unpaired) electrons. The van der Waals surface area contributed by atoms with Gasteiger partial charge in [0, 0.05) is 30.3 Å². The van der Waals surface area contributed by atoms with E-state index in [0.29, 0.717) is 36.2 Å². The van der Waals surface area contributed by atoms with Gasteiger partial charge in [-0.15, -0.1) is 11.8 Å². The molecule has 0 fully saturated rings. The average molecular weight is 509 g/mol. The van der Waals surface area contributed by atoms with Crippen LogP contribution in [-0.4, -0.2) is 35.1 Å². The quantitative estimate of drug-likeness (QED) is 0.327. The zero-order chi connectivity index (χ0) is 25.0. The number of halogens is 1. The lowest BCUT2D eigenvalue weighted by Gasteiger charge is -2.31. The first kappa shape index (κ1) is 26.8. The largest absolute Gasteiger partial charge is 0.354 e. The molecule has 0 heterocycles. The Bertz CT molecular complexity index is 1060. The van der Waals surface area contributed by atoms with Gasteiger partial charge in [0.25, 0.3) is 0 Å². The van der Waals surface area contributed by atoms with E-state index in [9.17, 15) is 9.59 Å². The summed E-state index contributed by atoms with van der Waals surface area (Å²) in [6, 6.07) is 26.8. The van der Waals surface area contributed by atoms with Crippen molar-refractivity contribution >= 4 is 35.2 Å². The van der Waals surface area contributed by atoms with Gasteiger partial charge in [0.2, 0.25) is 11.8 Å². The first-order chi connectivity index (χ1) is 16.9. The molecule has 2 amide bonds. The molecule has 0 aliphatic rings. The molecule has 4 nitrogen and oxygen atoms in total. The number of nitrogens with one attached hydrogen (secondary N) is 1. The number of nitrogens with zero attached hydrogens (tertiary/aromatic N) is 1. The van der Waals surface area contributed by atoms with Gasteiger partial charge in [-0.05, 0) is 34.7 Å². The predicted octanol–water partition coefficient (Wildman–Crippen LogP) is 5.99. The molecule has 184 valence electrons. The van der Waals surface area contributed by atoms with Gasteiger partial charge in [-0.25, -0.2) is 0 Å². The molecule has 0 spiro atoms. The normalized spacial score (nSPS) is 11.8. The summed E-state index contributed by atoms with van der Waals surface area (Å²) < 4.78 is 0. The van der Waals surface area contributed by atoms with E-state index in [2.05, 4.69) is 19.2 Å². The van der Waals surface area contributed by atoms with Crippen molar-refractivity contribution in [1.29, 1.82) is 0 Å². The van der Waals surface area contributed by atoms with Crippen molar-refractivity contribution in [3.63, 3.8) is 0 Å². The van der Waals surface area contributed by atoms with Crippen LogP contribution in [-0.2, 0) is 28.3 Å². The smallest absolute Gasteiger partial charge is 0.243 e. The van der Waals surface area contributed by atoms with Crippen LogP contribution in [0.1, 0.15) is 30.5 Å². The summed E-state index contributed by atoms with van der Waals surface area (Å²) in [6.07, 6.45) is 0.463. The second-order valence-electron chi connectivity index (χ2n) is 8.97. The van der Waals surface area contributed by atoms with Crippen molar-refractivity contribution in [2.75, 3.05) is 12.3 Å². The number of carbonyl (C=O) groups excluding carboxylic acids is 2. The van der Waals surface area contributed by atoms with Gasteiger partial charge >= 0.3 is 0 Å². The number of benzene rings is 3. The Morgan fingerprint density at radius 2 is 1.46 bits per heavy atom. The molecule has 0 saturated carbocycles. The summed E-state index contributed by atoms with van der Waals surface area (Å²) in [6.45, 7) is 5.08. The van der Waals surface area contributed by atoms with Crippen LogP contribution in [0, 0.1) is 5.92 Å². The fourth-order valence-corrected chi connectivity index (χ4v) is 4.67. The molecule has 0 aromatic heterocycles. The average Bonchev–Trinajstić information content (AvgIpc) is 2.87. The molecular formula is C29H33ClN2O2S. The molecular weight excluding hydrogens is 476 g/mol. The van der Waals surface area contributed by atoms with Gasteiger partial charge in [-0.3, -0.25) is 9.59 Å². The standard InChI is InChI=1S/C29H33ClN2O2S/c1-22(2)18-31-29(34)27(17-23-9-5-3-6-10-23)32(19-24-11-7-4-8-12-24)28(33)21-35-20-25-13-15-26(30)16-14-25/h3-16,22,27H,17-21H2,1-2H3,(H,31,34). The van der Waals surface area contributed by atoms with Crippen molar-refractivity contribution in [3.8, 4) is 0 Å². The highest BCUT2D eigenvalue weighted by Gasteiger charge is 2.30. The van der Waals surface area contributed by atoms with Gasteiger partial charge in [0.05, 0.1) is 5.75 Å². The molecule has 1 N–H and O–H groups in total. The first-order valence-electron chi connectivity index (χ1n) is 11.9. The second kappa shape index (κ2) is 14.0. The van der Waals surface area contributed by atoms with Crippen molar-refractivity contribution in [2.45, 2.75) is 38.6 Å². The SMILES string of the molecule is CC(C)CNC(=O)C(Cc1ccccc1)N(Cc1ccccc1)C(=O)CSCc1ccc(Cl)cc1. The number of thioether (sulfide) groups is 1. The van der Waals surface area contributed by atoms with Crippen molar-refractivity contribution < 1.29 is 9.59 Å². The molecule has 35 heavy (non-hydrogen) atoms. The van der Waals surface area contributed by atoms with Crippen LogP contribution in [0.5, 0.6) is 0 Å². The predicted molar refractivity (Wildman–Crippen MR) is 146 cm³/mol.